The molecule has 1 N–H and O–H groups in total. The molecule has 0 aliphatic carbocycles. The quantitative estimate of drug-likeness (QED) is 0.562. The lowest BCUT2D eigenvalue weighted by Crippen LogP contribution is -2.25. The van der Waals surface area contributed by atoms with Crippen LogP contribution in [0, 0.1) is 0 Å². The summed E-state index contributed by atoms with van der Waals surface area (Å²) in [7, 11) is 1.27. The summed E-state index contributed by atoms with van der Waals surface area (Å²) in [6.45, 7) is 2.02. The highest BCUT2D eigenvalue weighted by Crippen LogP contribution is 2.27. The Balaban J connectivity index is 1.98. The van der Waals surface area contributed by atoms with Crippen LogP contribution in [0.4, 0.5) is 5.69 Å². The maximum atomic E-state index is 12.9. The Morgan fingerprint density at radius 2 is 1.86 bits per heavy atom. The first kappa shape index (κ1) is 20.9. The minimum atomic E-state index is -0.568. The van der Waals surface area contributed by atoms with Crippen molar-refractivity contribution in [1.82, 2.24) is 9.78 Å². The third-order valence-corrected chi connectivity index (χ3v) is 5.08. The summed E-state index contributed by atoms with van der Waals surface area (Å²) >= 11 is 12.3. The fraction of sp³-hybridized carbons (Fsp3) is 0.190. The molecule has 0 saturated heterocycles. The molecule has 0 amide bonds. The van der Waals surface area contributed by atoms with Crippen LogP contribution in [0.2, 0.25) is 10.0 Å². The molecule has 1 heterocycles. The van der Waals surface area contributed by atoms with Crippen molar-refractivity contribution < 1.29 is 9.53 Å². The average Bonchev–Trinajstić information content (AvgIpc) is 2.75. The van der Waals surface area contributed by atoms with Gasteiger partial charge in [0.25, 0.3) is 5.56 Å². The van der Waals surface area contributed by atoms with Crippen LogP contribution in [0.15, 0.2) is 59.5 Å². The summed E-state index contributed by atoms with van der Waals surface area (Å²) in [5.41, 5.74) is 1.38. The summed E-state index contributed by atoms with van der Waals surface area (Å²) in [6, 6.07) is 13.9. The molecule has 2 aromatic carbocycles. The van der Waals surface area contributed by atoms with E-state index < -0.39 is 11.5 Å². The number of methoxy groups -OCH3 is 1. The second kappa shape index (κ2) is 9.11. The molecule has 0 aliphatic rings. The third-order valence-electron chi connectivity index (χ3n) is 4.47. The summed E-state index contributed by atoms with van der Waals surface area (Å²) in [5, 5.41) is 8.10. The van der Waals surface area contributed by atoms with Crippen LogP contribution >= 0.6 is 23.2 Å². The molecule has 6 nitrogen and oxygen atoms in total. The first-order chi connectivity index (χ1) is 14.0. The Hall–Kier alpha value is -2.83. The standard InChI is InChI=1S/C21H19Cl2N3O3/c1-3-16(13-8-10-14(22)11-9-13)25-17-12-24-26(20(27)19(17)23)18-7-5-4-6-15(18)21(28)29-2/h4-12,16,25H,3H2,1-2H3. The van der Waals surface area contributed by atoms with Crippen molar-refractivity contribution in [3.8, 4) is 5.69 Å². The summed E-state index contributed by atoms with van der Waals surface area (Å²) < 4.78 is 5.87. The first-order valence-corrected chi connectivity index (χ1v) is 9.69. The lowest BCUT2D eigenvalue weighted by Gasteiger charge is -2.20. The zero-order valence-electron chi connectivity index (χ0n) is 15.9. The number of carbonyl (C=O) groups is 1. The molecule has 150 valence electrons. The van der Waals surface area contributed by atoms with Crippen molar-refractivity contribution in [3.63, 3.8) is 0 Å². The van der Waals surface area contributed by atoms with Gasteiger partial charge in [0.1, 0.15) is 5.02 Å². The molecular weight excluding hydrogens is 413 g/mol. The van der Waals surface area contributed by atoms with E-state index in [9.17, 15) is 9.59 Å². The Bertz CT molecular complexity index is 1080. The number of benzene rings is 2. The van der Waals surface area contributed by atoms with Gasteiger partial charge >= 0.3 is 5.97 Å². The maximum absolute atomic E-state index is 12.9. The van der Waals surface area contributed by atoms with E-state index in [0.29, 0.717) is 16.4 Å². The molecule has 0 radical (unpaired) electrons. The Labute approximate surface area is 178 Å². The topological polar surface area (TPSA) is 73.2 Å². The van der Waals surface area contributed by atoms with Gasteiger partial charge in [0.15, 0.2) is 0 Å². The van der Waals surface area contributed by atoms with Gasteiger partial charge in [-0.05, 0) is 36.2 Å². The van der Waals surface area contributed by atoms with E-state index in [1.165, 1.54) is 13.3 Å². The number of nitrogens with zero attached hydrogens (tertiary/aromatic N) is 2. The summed E-state index contributed by atoms with van der Waals surface area (Å²) in [6.07, 6.45) is 2.22. The lowest BCUT2D eigenvalue weighted by molar-refractivity contribution is 0.0600. The van der Waals surface area contributed by atoms with Gasteiger partial charge in [-0.15, -0.1) is 0 Å². The molecule has 1 atom stereocenters. The van der Waals surface area contributed by atoms with Gasteiger partial charge in [0, 0.05) is 5.02 Å². The largest absolute Gasteiger partial charge is 0.465 e. The minimum absolute atomic E-state index is 0.0212. The maximum Gasteiger partial charge on any atom is 0.340 e. The van der Waals surface area contributed by atoms with Gasteiger partial charge < -0.3 is 10.1 Å². The Morgan fingerprint density at radius 1 is 1.17 bits per heavy atom. The number of hydrogen-bond donors (Lipinski definition) is 1. The number of carbonyl (C=O) groups excluding carboxylic acids is 1. The van der Waals surface area contributed by atoms with Gasteiger partial charge in [-0.25, -0.2) is 4.79 Å². The third kappa shape index (κ3) is 4.44. The van der Waals surface area contributed by atoms with E-state index in [-0.39, 0.29) is 16.6 Å². The van der Waals surface area contributed by atoms with Crippen LogP contribution in [0.3, 0.4) is 0 Å². The van der Waals surface area contributed by atoms with Crippen molar-refractivity contribution in [1.29, 1.82) is 0 Å². The van der Waals surface area contributed by atoms with Crippen LogP contribution in [0.5, 0.6) is 0 Å². The highest BCUT2D eigenvalue weighted by atomic mass is 35.5. The van der Waals surface area contributed by atoms with E-state index >= 15 is 0 Å². The molecule has 0 saturated carbocycles. The van der Waals surface area contributed by atoms with E-state index in [4.69, 9.17) is 27.9 Å². The Kier molecular flexibility index (Phi) is 6.56. The first-order valence-electron chi connectivity index (χ1n) is 8.93. The second-order valence-electron chi connectivity index (χ2n) is 6.25. The van der Waals surface area contributed by atoms with Crippen LogP contribution in [-0.4, -0.2) is 22.9 Å². The van der Waals surface area contributed by atoms with E-state index in [1.54, 1.807) is 24.3 Å². The molecule has 29 heavy (non-hydrogen) atoms. The molecule has 1 aromatic heterocycles. The highest BCUT2D eigenvalue weighted by molar-refractivity contribution is 6.33. The fourth-order valence-corrected chi connectivity index (χ4v) is 3.26. The van der Waals surface area contributed by atoms with Gasteiger partial charge in [0.05, 0.1) is 36.3 Å². The number of ether oxygens (including phenoxy) is 1. The van der Waals surface area contributed by atoms with Crippen molar-refractivity contribution in [2.24, 2.45) is 0 Å². The summed E-state index contributed by atoms with van der Waals surface area (Å²) in [5.74, 6) is -0.568. The van der Waals surface area contributed by atoms with E-state index in [0.717, 1.165) is 16.7 Å². The number of anilines is 1. The molecule has 0 fully saturated rings. The molecule has 0 spiro atoms. The van der Waals surface area contributed by atoms with Crippen LogP contribution < -0.4 is 10.9 Å². The number of nitrogens with one attached hydrogen (secondary N) is 1. The van der Waals surface area contributed by atoms with E-state index in [1.807, 2.05) is 31.2 Å². The molecular formula is C21H19Cl2N3O3. The van der Waals surface area contributed by atoms with Crippen molar-refractivity contribution in [2.45, 2.75) is 19.4 Å². The lowest BCUT2D eigenvalue weighted by atomic mass is 10.0. The number of para-hydroxylation sites is 1. The zero-order chi connectivity index (χ0) is 21.0. The number of rotatable bonds is 6. The molecule has 0 bridgehead atoms. The zero-order valence-corrected chi connectivity index (χ0v) is 17.4. The van der Waals surface area contributed by atoms with E-state index in [2.05, 4.69) is 10.4 Å². The van der Waals surface area contributed by atoms with Gasteiger partial charge in [-0.1, -0.05) is 54.4 Å². The average molecular weight is 432 g/mol. The van der Waals surface area contributed by atoms with Gasteiger partial charge in [-0.2, -0.15) is 9.78 Å². The SMILES string of the molecule is CCC(Nc1cnn(-c2ccccc2C(=O)OC)c(=O)c1Cl)c1ccc(Cl)cc1. The molecule has 3 aromatic rings. The van der Waals surface area contributed by atoms with Crippen LogP contribution in [0.25, 0.3) is 5.69 Å². The monoisotopic (exact) mass is 431 g/mol. The Morgan fingerprint density at radius 3 is 2.52 bits per heavy atom. The van der Waals surface area contributed by atoms with Crippen molar-refractivity contribution in [3.05, 3.63) is 86.3 Å². The van der Waals surface area contributed by atoms with Gasteiger partial charge in [0.2, 0.25) is 0 Å². The predicted molar refractivity (Wildman–Crippen MR) is 114 cm³/mol. The number of aromatic nitrogens is 2. The highest BCUT2D eigenvalue weighted by Gasteiger charge is 2.18. The second-order valence-corrected chi connectivity index (χ2v) is 7.07. The smallest absolute Gasteiger partial charge is 0.340 e. The predicted octanol–water partition coefficient (Wildman–Crippen LogP) is 4.89. The fourth-order valence-electron chi connectivity index (χ4n) is 2.95. The van der Waals surface area contributed by atoms with Crippen molar-refractivity contribution in [2.75, 3.05) is 12.4 Å². The normalized spacial score (nSPS) is 11.7. The summed E-state index contributed by atoms with van der Waals surface area (Å²) in [4.78, 5) is 24.9. The number of hydrogen-bond acceptors (Lipinski definition) is 5. The van der Waals surface area contributed by atoms with Crippen LogP contribution in [-0.2, 0) is 4.74 Å². The number of esters is 1. The molecule has 3 rings (SSSR count). The van der Waals surface area contributed by atoms with Crippen LogP contribution in [0.1, 0.15) is 35.3 Å². The molecule has 1 unspecified atom stereocenters. The van der Waals surface area contributed by atoms with Gasteiger partial charge in [-0.3, -0.25) is 4.79 Å². The minimum Gasteiger partial charge on any atom is -0.465 e. The molecule has 0 aliphatic heterocycles. The number of halogens is 2. The van der Waals surface area contributed by atoms with Crippen molar-refractivity contribution >= 4 is 34.9 Å². The molecule has 8 heteroatoms.